The number of amides is 2. The van der Waals surface area contributed by atoms with Crippen LogP contribution in [0, 0.1) is 0 Å². The minimum Gasteiger partial charge on any atom is -0.441 e. The number of hydrogen-bond acceptors (Lipinski definition) is 8. The zero-order valence-corrected chi connectivity index (χ0v) is 28.4. The van der Waals surface area contributed by atoms with E-state index in [0.717, 1.165) is 0 Å². The highest BCUT2D eigenvalue weighted by Crippen LogP contribution is 2.43. The highest BCUT2D eigenvalue weighted by molar-refractivity contribution is 6.74. The Balaban J connectivity index is 1.99. The zero-order valence-electron chi connectivity index (χ0n) is 26.4. The molecule has 0 spiro atoms. The van der Waals surface area contributed by atoms with Gasteiger partial charge in [-0.3, -0.25) is 9.36 Å². The van der Waals surface area contributed by atoms with E-state index in [4.69, 9.17) is 24.1 Å². The van der Waals surface area contributed by atoms with Crippen molar-refractivity contribution in [3.05, 3.63) is 58.6 Å². The van der Waals surface area contributed by atoms with Gasteiger partial charge < -0.3 is 29.4 Å². The van der Waals surface area contributed by atoms with Crippen LogP contribution in [0.3, 0.4) is 0 Å². The van der Waals surface area contributed by atoms with E-state index in [0.29, 0.717) is 5.56 Å². The van der Waals surface area contributed by atoms with Crippen LogP contribution in [0.25, 0.3) is 0 Å². The van der Waals surface area contributed by atoms with Gasteiger partial charge in [-0.1, -0.05) is 59.7 Å². The fourth-order valence-electron chi connectivity index (χ4n) is 3.95. The SMILES string of the molecule is CC(C)(C)[Si](C)(C)OC[C@H]1O[C@@H](n2ccc(NC(=O)c3ccccc3)nc2=O)[C@H](O[Si](C)(C)C(C)(C)C)[C@@H]1OC(N)=O. The number of nitrogens with zero attached hydrogens (tertiary/aromatic N) is 2. The van der Waals surface area contributed by atoms with Crippen LogP contribution in [-0.2, 0) is 18.3 Å². The molecule has 3 rings (SSSR count). The average molecular weight is 619 g/mol. The molecule has 2 heterocycles. The Bertz CT molecular complexity index is 1320. The van der Waals surface area contributed by atoms with E-state index in [1.165, 1.54) is 16.8 Å². The summed E-state index contributed by atoms with van der Waals surface area (Å²) in [6, 6.07) is 10.1. The molecule has 1 aliphatic heterocycles. The predicted molar refractivity (Wildman–Crippen MR) is 166 cm³/mol. The zero-order chi connectivity index (χ0) is 31.7. The number of primary amides is 1. The van der Waals surface area contributed by atoms with E-state index in [2.05, 4.69) is 78.0 Å². The van der Waals surface area contributed by atoms with Crippen LogP contribution in [0.4, 0.5) is 10.6 Å². The molecule has 3 N–H and O–H groups in total. The number of rotatable bonds is 9. The quantitative estimate of drug-likeness (QED) is 0.362. The molecule has 0 radical (unpaired) electrons. The van der Waals surface area contributed by atoms with Crippen molar-refractivity contribution < 1.29 is 27.9 Å². The number of nitrogens with one attached hydrogen (secondary N) is 1. The maximum Gasteiger partial charge on any atom is 0.404 e. The third kappa shape index (κ3) is 7.75. The van der Waals surface area contributed by atoms with Crippen molar-refractivity contribution in [2.75, 3.05) is 11.9 Å². The van der Waals surface area contributed by atoms with Crippen molar-refractivity contribution in [3.8, 4) is 0 Å². The first-order chi connectivity index (χ1) is 19.2. The van der Waals surface area contributed by atoms with Crippen LogP contribution < -0.4 is 16.7 Å². The topological polar surface area (TPSA) is 144 Å². The highest BCUT2D eigenvalue weighted by atomic mass is 28.4. The second-order valence-electron chi connectivity index (χ2n) is 13.7. The van der Waals surface area contributed by atoms with Gasteiger partial charge in [0.15, 0.2) is 29.0 Å². The third-order valence-electron chi connectivity index (χ3n) is 8.57. The lowest BCUT2D eigenvalue weighted by atomic mass is 10.1. The third-order valence-corrected chi connectivity index (χ3v) is 17.5. The molecular weight excluding hydrogens is 573 g/mol. The van der Waals surface area contributed by atoms with Crippen LogP contribution in [0.2, 0.25) is 36.3 Å². The molecule has 2 amide bonds. The first-order valence-electron chi connectivity index (χ1n) is 14.1. The van der Waals surface area contributed by atoms with Gasteiger partial charge in [-0.05, 0) is 54.5 Å². The van der Waals surface area contributed by atoms with Crippen molar-refractivity contribution in [1.29, 1.82) is 0 Å². The van der Waals surface area contributed by atoms with Crippen molar-refractivity contribution in [3.63, 3.8) is 0 Å². The van der Waals surface area contributed by atoms with Gasteiger partial charge in [-0.15, -0.1) is 0 Å². The normalized spacial score (nSPS) is 21.7. The van der Waals surface area contributed by atoms with Gasteiger partial charge in [0.05, 0.1) is 6.61 Å². The molecule has 0 bridgehead atoms. The molecule has 0 aliphatic carbocycles. The van der Waals surface area contributed by atoms with E-state index < -0.39 is 58.9 Å². The molecule has 1 fully saturated rings. The fourth-order valence-corrected chi connectivity index (χ4v) is 6.24. The number of anilines is 1. The van der Waals surface area contributed by atoms with Crippen molar-refractivity contribution in [2.45, 2.75) is 102 Å². The van der Waals surface area contributed by atoms with Crippen LogP contribution >= 0.6 is 0 Å². The van der Waals surface area contributed by atoms with Crippen LogP contribution in [0.5, 0.6) is 0 Å². The molecule has 1 aliphatic rings. The molecule has 11 nitrogen and oxygen atoms in total. The van der Waals surface area contributed by atoms with E-state index in [1.54, 1.807) is 30.3 Å². The summed E-state index contributed by atoms with van der Waals surface area (Å²) in [5.41, 5.74) is 5.28. The number of carbonyl (C=O) groups excluding carboxylic acids is 2. The first kappa shape index (κ1) is 33.7. The summed E-state index contributed by atoms with van der Waals surface area (Å²) < 4.78 is 26.5. The van der Waals surface area contributed by atoms with Crippen LogP contribution in [-0.4, -0.2) is 63.1 Å². The summed E-state index contributed by atoms with van der Waals surface area (Å²) in [7, 11) is -4.69. The van der Waals surface area contributed by atoms with Crippen molar-refractivity contribution in [2.24, 2.45) is 5.73 Å². The summed E-state index contributed by atoms with van der Waals surface area (Å²) in [6.07, 6.45) is -3.03. The van der Waals surface area contributed by atoms with Gasteiger partial charge in [0, 0.05) is 11.8 Å². The summed E-state index contributed by atoms with van der Waals surface area (Å²) in [6.45, 7) is 21.1. The maximum absolute atomic E-state index is 13.4. The molecule has 13 heteroatoms. The standard InChI is InChI=1S/C29H46N4O7Si2/c1-28(2,3)41(7,8)37-18-20-22(39-26(30)35)23(40-42(9,10)29(4,5)6)25(38-20)33-17-16-21(32-27(33)36)31-24(34)19-14-12-11-13-15-19/h11-17,20,22-23,25H,18H2,1-10H3,(H2,30,35)(H,31,32,34,36)/t20-,22-,23-,25-/m1/s1. The van der Waals surface area contributed by atoms with Gasteiger partial charge in [0.25, 0.3) is 5.91 Å². The first-order valence-corrected chi connectivity index (χ1v) is 19.9. The molecule has 4 atom stereocenters. The lowest BCUT2D eigenvalue weighted by molar-refractivity contribution is -0.0517. The molecule has 232 valence electrons. The minimum absolute atomic E-state index is 0.0665. The van der Waals surface area contributed by atoms with E-state index in [-0.39, 0.29) is 22.5 Å². The van der Waals surface area contributed by atoms with Crippen LogP contribution in [0.15, 0.2) is 47.4 Å². The lowest BCUT2D eigenvalue weighted by Crippen LogP contribution is -2.51. The smallest absolute Gasteiger partial charge is 0.404 e. The maximum atomic E-state index is 13.4. The number of ether oxygens (including phenoxy) is 2. The number of hydrogen-bond donors (Lipinski definition) is 2. The predicted octanol–water partition coefficient (Wildman–Crippen LogP) is 5.27. The summed E-state index contributed by atoms with van der Waals surface area (Å²) >= 11 is 0. The Morgan fingerprint density at radius 3 is 2.10 bits per heavy atom. The number of aromatic nitrogens is 2. The van der Waals surface area contributed by atoms with Gasteiger partial charge in [-0.2, -0.15) is 4.98 Å². The number of nitrogens with two attached hydrogens (primary N) is 1. The molecule has 0 unspecified atom stereocenters. The fraction of sp³-hybridized carbons (Fsp3) is 0.586. The van der Waals surface area contributed by atoms with Crippen LogP contribution in [0.1, 0.15) is 58.1 Å². The molecule has 1 aromatic carbocycles. The summed E-state index contributed by atoms with van der Waals surface area (Å²) in [5, 5.41) is 2.39. The molecule has 1 saturated heterocycles. The Morgan fingerprint density at radius 2 is 1.57 bits per heavy atom. The lowest BCUT2D eigenvalue weighted by Gasteiger charge is -2.40. The second kappa shape index (κ2) is 12.4. The Kier molecular flexibility index (Phi) is 9.94. The minimum atomic E-state index is -2.48. The largest absolute Gasteiger partial charge is 0.441 e. The Morgan fingerprint density at radius 1 is 0.976 bits per heavy atom. The van der Waals surface area contributed by atoms with E-state index >= 15 is 0 Å². The molecule has 2 aromatic rings. The van der Waals surface area contributed by atoms with Gasteiger partial charge >= 0.3 is 11.8 Å². The molecule has 1 aromatic heterocycles. The van der Waals surface area contributed by atoms with Gasteiger partial charge in [-0.25, -0.2) is 9.59 Å². The number of carbonyl (C=O) groups is 2. The number of benzene rings is 1. The molecular formula is C29H46N4O7Si2. The van der Waals surface area contributed by atoms with Gasteiger partial charge in [0.1, 0.15) is 18.0 Å². The Hall–Kier alpha value is -2.85. The Labute approximate surface area is 250 Å². The second-order valence-corrected chi connectivity index (χ2v) is 23.3. The van der Waals surface area contributed by atoms with Crippen molar-refractivity contribution >= 4 is 34.5 Å². The highest BCUT2D eigenvalue weighted by Gasteiger charge is 2.53. The summed E-state index contributed by atoms with van der Waals surface area (Å²) in [5.74, 6) is -0.304. The molecule has 42 heavy (non-hydrogen) atoms. The van der Waals surface area contributed by atoms with E-state index in [1.807, 2.05) is 0 Å². The molecule has 0 saturated carbocycles. The summed E-state index contributed by atoms with van der Waals surface area (Å²) in [4.78, 5) is 42.1. The van der Waals surface area contributed by atoms with Gasteiger partial charge in [0.2, 0.25) is 0 Å². The van der Waals surface area contributed by atoms with E-state index in [9.17, 15) is 14.4 Å². The monoisotopic (exact) mass is 618 g/mol. The average Bonchev–Trinajstić information content (AvgIpc) is 3.17. The van der Waals surface area contributed by atoms with Crippen molar-refractivity contribution in [1.82, 2.24) is 9.55 Å².